The van der Waals surface area contributed by atoms with Gasteiger partial charge in [-0.3, -0.25) is 5.73 Å². The van der Waals surface area contributed by atoms with E-state index in [0.29, 0.717) is 12.2 Å². The summed E-state index contributed by atoms with van der Waals surface area (Å²) in [4.78, 5) is 0. The van der Waals surface area contributed by atoms with Crippen LogP contribution < -0.4 is 19.9 Å². The normalized spacial score (nSPS) is 13.5. The molecule has 0 fully saturated rings. The van der Waals surface area contributed by atoms with Gasteiger partial charge in [-0.1, -0.05) is 42.5 Å². The van der Waals surface area contributed by atoms with Crippen LogP contribution in [0.5, 0.6) is 17.2 Å². The molecule has 0 bridgehead atoms. The Morgan fingerprint density at radius 2 is 1.27 bits per heavy atom. The predicted molar refractivity (Wildman–Crippen MR) is 135 cm³/mol. The minimum atomic E-state index is -1.16. The van der Waals surface area contributed by atoms with Gasteiger partial charge in [-0.25, -0.2) is 0 Å². The third-order valence-electron chi connectivity index (χ3n) is 5.85. The minimum absolute atomic E-state index is 0. The molecule has 0 radical (unpaired) electrons. The first-order chi connectivity index (χ1) is 15.4. The van der Waals surface area contributed by atoms with Crippen LogP contribution in [0.1, 0.15) is 43.2 Å². The largest absolute Gasteiger partial charge is 0.497 e. The molecule has 178 valence electrons. The number of ether oxygens (including phenoxy) is 3. The highest BCUT2D eigenvalue weighted by Gasteiger charge is 2.33. The van der Waals surface area contributed by atoms with Crippen molar-refractivity contribution in [2.45, 2.75) is 43.9 Å². The quantitative estimate of drug-likeness (QED) is 0.359. The maximum atomic E-state index is 10.4. The van der Waals surface area contributed by atoms with E-state index in [1.165, 1.54) is 11.1 Å². The van der Waals surface area contributed by atoms with Gasteiger partial charge in [0.2, 0.25) is 0 Å². The molecule has 3 N–H and O–H groups in total. The van der Waals surface area contributed by atoms with Crippen LogP contribution in [0.4, 0.5) is 0 Å². The van der Waals surface area contributed by atoms with E-state index in [2.05, 4.69) is 24.3 Å². The van der Waals surface area contributed by atoms with E-state index in [1.807, 2.05) is 54.6 Å². The van der Waals surface area contributed by atoms with Crippen LogP contribution in [0.15, 0.2) is 78.9 Å². The Hall–Kier alpha value is -2.73. The molecule has 0 aliphatic rings. The second-order valence-electron chi connectivity index (χ2n) is 8.04. The molecule has 0 aliphatic heterocycles. The molecule has 2 atom stereocenters. The van der Waals surface area contributed by atoms with E-state index < -0.39 is 11.8 Å². The van der Waals surface area contributed by atoms with E-state index in [9.17, 15) is 5.11 Å². The number of aliphatic hydroxyl groups is 1. The minimum Gasteiger partial charge on any atom is -0.497 e. The van der Waals surface area contributed by atoms with Crippen molar-refractivity contribution in [3.63, 3.8) is 0 Å². The highest BCUT2D eigenvalue weighted by atomic mass is 35.5. The van der Waals surface area contributed by atoms with E-state index in [-0.39, 0.29) is 18.3 Å². The Labute approximate surface area is 202 Å². The number of rotatable bonds is 11. The molecule has 0 heterocycles. The summed E-state index contributed by atoms with van der Waals surface area (Å²) in [6.07, 6.45) is 1.32. The predicted octanol–water partition coefficient (Wildman–Crippen LogP) is 5.54. The average Bonchev–Trinajstić information content (AvgIpc) is 2.83. The molecule has 5 nitrogen and oxygen atoms in total. The zero-order chi connectivity index (χ0) is 23.0. The topological polar surface area (TPSA) is 73.9 Å². The van der Waals surface area contributed by atoms with Gasteiger partial charge in [-0.2, -0.15) is 0 Å². The first-order valence-electron chi connectivity index (χ1n) is 10.9. The SMILES string of the molecule is COc1ccc(C(CCCC(N)(Oc2ccccc2)C(C)O)c2ccc(OC)cc2)cc1.Cl. The Balaban J connectivity index is 0.00000385. The number of halogens is 1. The molecule has 3 aromatic carbocycles. The van der Waals surface area contributed by atoms with Crippen molar-refractivity contribution in [2.24, 2.45) is 5.73 Å². The standard InChI is InChI=1S/C27H33NO4.ClH/c1-20(29)27(28,32-25-8-5-4-6-9-25)19-7-10-26(21-11-15-23(30-2)16-12-21)22-13-17-24(31-3)18-14-22;/h4-6,8-9,11-18,20,26,29H,7,10,19,28H2,1-3H3;1H. The second kappa shape index (κ2) is 12.5. The fourth-order valence-corrected chi connectivity index (χ4v) is 3.83. The fraction of sp³-hybridized carbons (Fsp3) is 0.333. The highest BCUT2D eigenvalue weighted by molar-refractivity contribution is 5.85. The van der Waals surface area contributed by atoms with Gasteiger partial charge in [-0.05, 0) is 67.3 Å². The number of hydrogen-bond acceptors (Lipinski definition) is 5. The average molecular weight is 472 g/mol. The van der Waals surface area contributed by atoms with Crippen LogP contribution in [0, 0.1) is 0 Å². The zero-order valence-electron chi connectivity index (χ0n) is 19.4. The molecule has 6 heteroatoms. The van der Waals surface area contributed by atoms with Crippen molar-refractivity contribution in [1.29, 1.82) is 0 Å². The first kappa shape index (κ1) is 26.5. The smallest absolute Gasteiger partial charge is 0.184 e. The summed E-state index contributed by atoms with van der Waals surface area (Å²) in [7, 11) is 3.33. The van der Waals surface area contributed by atoms with Crippen LogP contribution in [-0.2, 0) is 0 Å². The van der Waals surface area contributed by atoms with Crippen LogP contribution in [0.3, 0.4) is 0 Å². The van der Waals surface area contributed by atoms with Gasteiger partial charge in [0.05, 0.1) is 14.2 Å². The number of aliphatic hydroxyl groups excluding tert-OH is 1. The van der Waals surface area contributed by atoms with E-state index in [4.69, 9.17) is 19.9 Å². The van der Waals surface area contributed by atoms with Crippen molar-refractivity contribution in [2.75, 3.05) is 14.2 Å². The lowest BCUT2D eigenvalue weighted by Crippen LogP contribution is -2.54. The lowest BCUT2D eigenvalue weighted by molar-refractivity contribution is -0.0482. The Kier molecular flexibility index (Phi) is 10.0. The van der Waals surface area contributed by atoms with Gasteiger partial charge >= 0.3 is 0 Å². The number of methoxy groups -OCH3 is 2. The van der Waals surface area contributed by atoms with Crippen LogP contribution in [0.2, 0.25) is 0 Å². The van der Waals surface area contributed by atoms with Crippen molar-refractivity contribution in [3.05, 3.63) is 90.0 Å². The number of benzene rings is 3. The van der Waals surface area contributed by atoms with Crippen LogP contribution in [0.25, 0.3) is 0 Å². The summed E-state index contributed by atoms with van der Waals surface area (Å²) >= 11 is 0. The second-order valence-corrected chi connectivity index (χ2v) is 8.04. The van der Waals surface area contributed by atoms with Crippen LogP contribution >= 0.6 is 12.4 Å². The molecule has 0 amide bonds. The van der Waals surface area contributed by atoms with Gasteiger partial charge in [0.25, 0.3) is 0 Å². The summed E-state index contributed by atoms with van der Waals surface area (Å²) in [5.41, 5.74) is 7.73. The Bertz CT molecular complexity index is 901. The highest BCUT2D eigenvalue weighted by Crippen LogP contribution is 2.33. The molecule has 0 aromatic heterocycles. The summed E-state index contributed by atoms with van der Waals surface area (Å²) in [5.74, 6) is 2.47. The maximum absolute atomic E-state index is 10.4. The monoisotopic (exact) mass is 471 g/mol. The molecule has 0 spiro atoms. The fourth-order valence-electron chi connectivity index (χ4n) is 3.83. The summed E-state index contributed by atoms with van der Waals surface area (Å²) < 4.78 is 16.6. The Morgan fingerprint density at radius 1 is 0.788 bits per heavy atom. The molecule has 0 saturated heterocycles. The van der Waals surface area contributed by atoms with Gasteiger partial charge in [0.1, 0.15) is 23.4 Å². The zero-order valence-corrected chi connectivity index (χ0v) is 20.3. The van der Waals surface area contributed by atoms with Crippen molar-refractivity contribution < 1.29 is 19.3 Å². The Morgan fingerprint density at radius 3 is 1.70 bits per heavy atom. The van der Waals surface area contributed by atoms with Crippen molar-refractivity contribution in [1.82, 2.24) is 0 Å². The van der Waals surface area contributed by atoms with Crippen molar-refractivity contribution >= 4 is 12.4 Å². The third-order valence-corrected chi connectivity index (χ3v) is 5.85. The van der Waals surface area contributed by atoms with Gasteiger partial charge < -0.3 is 19.3 Å². The summed E-state index contributed by atoms with van der Waals surface area (Å²) in [6.45, 7) is 1.67. The lowest BCUT2D eigenvalue weighted by atomic mass is 9.85. The first-order valence-corrected chi connectivity index (χ1v) is 10.9. The third kappa shape index (κ3) is 7.13. The van der Waals surface area contributed by atoms with Gasteiger partial charge in [-0.15, -0.1) is 12.4 Å². The van der Waals surface area contributed by atoms with E-state index >= 15 is 0 Å². The molecular weight excluding hydrogens is 438 g/mol. The molecule has 33 heavy (non-hydrogen) atoms. The van der Waals surface area contributed by atoms with Crippen molar-refractivity contribution in [3.8, 4) is 17.2 Å². The molecular formula is C27H34ClNO4. The number of para-hydroxylation sites is 1. The summed E-state index contributed by atoms with van der Waals surface area (Å²) in [6, 6.07) is 25.7. The van der Waals surface area contributed by atoms with E-state index in [1.54, 1.807) is 21.1 Å². The number of nitrogens with two attached hydrogens (primary N) is 1. The van der Waals surface area contributed by atoms with Crippen LogP contribution in [-0.4, -0.2) is 31.2 Å². The molecule has 2 unspecified atom stereocenters. The molecule has 3 rings (SSSR count). The molecule has 0 aliphatic carbocycles. The van der Waals surface area contributed by atoms with E-state index in [0.717, 1.165) is 24.3 Å². The molecule has 3 aromatic rings. The molecule has 0 saturated carbocycles. The summed E-state index contributed by atoms with van der Waals surface area (Å²) in [5, 5.41) is 10.4. The van der Waals surface area contributed by atoms with Gasteiger partial charge in [0.15, 0.2) is 5.72 Å². The number of hydrogen-bond donors (Lipinski definition) is 2. The van der Waals surface area contributed by atoms with Gasteiger partial charge in [0, 0.05) is 12.3 Å². The maximum Gasteiger partial charge on any atom is 0.184 e. The lowest BCUT2D eigenvalue weighted by Gasteiger charge is -2.33.